The van der Waals surface area contributed by atoms with Crippen molar-refractivity contribution in [2.75, 3.05) is 6.54 Å². The fourth-order valence-electron chi connectivity index (χ4n) is 3.17. The van der Waals surface area contributed by atoms with Gasteiger partial charge in [-0.05, 0) is 31.6 Å². The number of aliphatic carboxylic acids is 1. The molecule has 0 aromatic rings. The van der Waals surface area contributed by atoms with Crippen LogP contribution in [0.5, 0.6) is 0 Å². The molecule has 1 saturated carbocycles. The Kier molecular flexibility index (Phi) is 3.29. The second-order valence-electron chi connectivity index (χ2n) is 5.03. The van der Waals surface area contributed by atoms with Crippen LogP contribution in [0.15, 0.2) is 0 Å². The fourth-order valence-corrected chi connectivity index (χ4v) is 3.17. The van der Waals surface area contributed by atoms with Gasteiger partial charge in [0.05, 0.1) is 0 Å². The number of rotatable bonds is 5. The maximum absolute atomic E-state index is 11.2. The minimum atomic E-state index is -0.615. The van der Waals surface area contributed by atoms with Crippen LogP contribution >= 0.6 is 0 Å². The third-order valence-corrected chi connectivity index (χ3v) is 3.97. The second kappa shape index (κ2) is 4.52. The zero-order valence-electron chi connectivity index (χ0n) is 9.48. The third-order valence-electron chi connectivity index (χ3n) is 3.97. The van der Waals surface area contributed by atoms with Gasteiger partial charge in [-0.25, -0.2) is 0 Å². The van der Waals surface area contributed by atoms with Crippen molar-refractivity contribution in [3.05, 3.63) is 0 Å². The summed E-state index contributed by atoms with van der Waals surface area (Å²) in [5.74, 6) is 0.175. The molecular weight excluding hydrogens is 190 g/mol. The summed E-state index contributed by atoms with van der Waals surface area (Å²) in [6, 6.07) is 0.369. The topological polar surface area (TPSA) is 40.5 Å². The smallest absolute Gasteiger partial charge is 0.320 e. The lowest BCUT2D eigenvalue weighted by molar-refractivity contribution is -0.144. The number of unbranched alkanes of at least 4 members (excludes halogenated alkanes) is 1. The molecule has 0 amide bonds. The average molecular weight is 211 g/mol. The summed E-state index contributed by atoms with van der Waals surface area (Å²) in [6.45, 7) is 3.15. The lowest BCUT2D eigenvalue weighted by atomic mass is 10.0. The zero-order chi connectivity index (χ0) is 10.8. The molecule has 1 heterocycles. The Morgan fingerprint density at radius 2 is 2.33 bits per heavy atom. The molecule has 15 heavy (non-hydrogen) atoms. The van der Waals surface area contributed by atoms with Crippen LogP contribution in [0.25, 0.3) is 0 Å². The van der Waals surface area contributed by atoms with Gasteiger partial charge in [-0.2, -0.15) is 0 Å². The van der Waals surface area contributed by atoms with Crippen molar-refractivity contribution in [1.82, 2.24) is 4.90 Å². The van der Waals surface area contributed by atoms with E-state index in [1.54, 1.807) is 0 Å². The van der Waals surface area contributed by atoms with Gasteiger partial charge in [-0.3, -0.25) is 9.69 Å². The molecule has 1 saturated heterocycles. The molecule has 2 rings (SSSR count). The molecule has 3 unspecified atom stereocenters. The summed E-state index contributed by atoms with van der Waals surface area (Å²) in [4.78, 5) is 13.5. The fraction of sp³-hybridized carbons (Fsp3) is 0.917. The third kappa shape index (κ3) is 2.17. The van der Waals surface area contributed by atoms with E-state index in [1.807, 2.05) is 0 Å². The van der Waals surface area contributed by atoms with Crippen LogP contribution in [0.4, 0.5) is 0 Å². The van der Waals surface area contributed by atoms with Crippen molar-refractivity contribution in [3.63, 3.8) is 0 Å². The van der Waals surface area contributed by atoms with E-state index in [-0.39, 0.29) is 6.04 Å². The maximum atomic E-state index is 11.2. The molecule has 0 aromatic heterocycles. The molecule has 3 heteroatoms. The molecule has 0 radical (unpaired) electrons. The molecule has 0 aromatic carbocycles. The van der Waals surface area contributed by atoms with Gasteiger partial charge >= 0.3 is 5.97 Å². The molecule has 0 spiro atoms. The van der Waals surface area contributed by atoms with E-state index in [0.29, 0.717) is 6.04 Å². The zero-order valence-corrected chi connectivity index (χ0v) is 9.48. The first-order valence-electron chi connectivity index (χ1n) is 6.21. The summed E-state index contributed by atoms with van der Waals surface area (Å²) in [5, 5.41) is 9.25. The summed E-state index contributed by atoms with van der Waals surface area (Å²) < 4.78 is 0. The SMILES string of the molecule is CCCCC(C(=O)O)N1CC2CCC1C2. The Hall–Kier alpha value is -0.570. The lowest BCUT2D eigenvalue weighted by Crippen LogP contribution is -2.45. The van der Waals surface area contributed by atoms with Crippen LogP contribution in [-0.4, -0.2) is 34.6 Å². The predicted molar refractivity (Wildman–Crippen MR) is 58.8 cm³/mol. The summed E-state index contributed by atoms with van der Waals surface area (Å²) in [5.41, 5.74) is 0. The molecule has 2 aliphatic rings. The van der Waals surface area contributed by atoms with Crippen LogP contribution < -0.4 is 0 Å². The molecule has 2 bridgehead atoms. The quantitative estimate of drug-likeness (QED) is 0.757. The number of fused-ring (bicyclic) bond motifs is 2. The molecule has 3 nitrogen and oxygen atoms in total. The highest BCUT2D eigenvalue weighted by Gasteiger charge is 2.42. The summed E-state index contributed by atoms with van der Waals surface area (Å²) in [6.07, 6.45) is 6.74. The van der Waals surface area contributed by atoms with E-state index in [0.717, 1.165) is 31.7 Å². The van der Waals surface area contributed by atoms with Crippen LogP contribution in [0.3, 0.4) is 0 Å². The number of carboxylic acids is 1. The van der Waals surface area contributed by atoms with Gasteiger partial charge in [0.25, 0.3) is 0 Å². The van der Waals surface area contributed by atoms with Crippen LogP contribution in [-0.2, 0) is 4.79 Å². The van der Waals surface area contributed by atoms with Crippen LogP contribution in [0, 0.1) is 5.92 Å². The van der Waals surface area contributed by atoms with Crippen molar-refractivity contribution < 1.29 is 9.90 Å². The molecule has 1 N–H and O–H groups in total. The highest BCUT2D eigenvalue weighted by atomic mass is 16.4. The average Bonchev–Trinajstić information content (AvgIpc) is 2.79. The van der Waals surface area contributed by atoms with Crippen LogP contribution in [0.1, 0.15) is 45.4 Å². The second-order valence-corrected chi connectivity index (χ2v) is 5.03. The Balaban J connectivity index is 1.96. The van der Waals surface area contributed by atoms with Gasteiger partial charge in [0.15, 0.2) is 0 Å². The van der Waals surface area contributed by atoms with Gasteiger partial charge in [-0.15, -0.1) is 0 Å². The van der Waals surface area contributed by atoms with Crippen molar-refractivity contribution in [2.45, 2.75) is 57.5 Å². The number of piperidine rings is 1. The van der Waals surface area contributed by atoms with E-state index in [2.05, 4.69) is 11.8 Å². The number of hydrogen-bond acceptors (Lipinski definition) is 2. The molecule has 86 valence electrons. The Morgan fingerprint density at radius 3 is 2.80 bits per heavy atom. The highest BCUT2D eigenvalue weighted by molar-refractivity contribution is 5.73. The Morgan fingerprint density at radius 1 is 1.53 bits per heavy atom. The molecular formula is C12H21NO2. The van der Waals surface area contributed by atoms with Crippen molar-refractivity contribution >= 4 is 5.97 Å². The normalized spacial score (nSPS) is 32.1. The molecule has 1 aliphatic carbocycles. The minimum Gasteiger partial charge on any atom is -0.480 e. The van der Waals surface area contributed by atoms with Crippen molar-refractivity contribution in [2.24, 2.45) is 5.92 Å². The largest absolute Gasteiger partial charge is 0.480 e. The van der Waals surface area contributed by atoms with Gasteiger partial charge in [0.1, 0.15) is 6.04 Å². The first-order chi connectivity index (χ1) is 7.22. The number of nitrogens with zero attached hydrogens (tertiary/aromatic N) is 1. The maximum Gasteiger partial charge on any atom is 0.320 e. The number of carboxylic acid groups (broad SMARTS) is 1. The minimum absolute atomic E-state index is 0.208. The van der Waals surface area contributed by atoms with Crippen molar-refractivity contribution in [3.8, 4) is 0 Å². The first-order valence-corrected chi connectivity index (χ1v) is 6.21. The molecule has 2 fully saturated rings. The van der Waals surface area contributed by atoms with Gasteiger partial charge < -0.3 is 5.11 Å². The van der Waals surface area contributed by atoms with Crippen molar-refractivity contribution in [1.29, 1.82) is 0 Å². The highest BCUT2D eigenvalue weighted by Crippen LogP contribution is 2.39. The Bertz CT molecular complexity index is 242. The monoisotopic (exact) mass is 211 g/mol. The van der Waals surface area contributed by atoms with E-state index in [4.69, 9.17) is 0 Å². The number of hydrogen-bond donors (Lipinski definition) is 1. The van der Waals surface area contributed by atoms with E-state index >= 15 is 0 Å². The summed E-state index contributed by atoms with van der Waals surface area (Å²) in [7, 11) is 0. The standard InChI is InChI=1S/C12H21NO2/c1-2-3-4-11(12(14)15)13-8-9-5-6-10(13)7-9/h9-11H,2-8H2,1H3,(H,14,15). The van der Waals surface area contributed by atoms with Gasteiger partial charge in [0.2, 0.25) is 0 Å². The first kappa shape index (κ1) is 10.9. The number of likely N-dealkylation sites (tertiary alicyclic amines) is 1. The lowest BCUT2D eigenvalue weighted by Gasteiger charge is -2.32. The number of carbonyl (C=O) groups is 1. The van der Waals surface area contributed by atoms with E-state index in [9.17, 15) is 9.90 Å². The predicted octanol–water partition coefficient (Wildman–Crippen LogP) is 2.11. The molecule has 3 atom stereocenters. The summed E-state index contributed by atoms with van der Waals surface area (Å²) >= 11 is 0. The van der Waals surface area contributed by atoms with Gasteiger partial charge in [-0.1, -0.05) is 19.8 Å². The Labute approximate surface area is 91.5 Å². The van der Waals surface area contributed by atoms with E-state index in [1.165, 1.54) is 19.3 Å². The van der Waals surface area contributed by atoms with Gasteiger partial charge in [0, 0.05) is 12.6 Å². The van der Waals surface area contributed by atoms with Crippen LogP contribution in [0.2, 0.25) is 0 Å². The van der Waals surface area contributed by atoms with E-state index < -0.39 is 5.97 Å². The molecule has 1 aliphatic heterocycles.